The SMILES string of the molecule is COc1cc2c(-c3cn[nH]c3)c(-c3nnc(C(C)N(C)C)[nH]3)[nH]c2c(F)c1Cl. The Morgan fingerprint density at radius 2 is 2.04 bits per heavy atom. The third-order valence-electron chi connectivity index (χ3n) is 4.86. The van der Waals surface area contributed by atoms with Crippen LogP contribution in [0.15, 0.2) is 18.5 Å². The van der Waals surface area contributed by atoms with Crippen LogP contribution in [0.3, 0.4) is 0 Å². The van der Waals surface area contributed by atoms with E-state index in [0.717, 1.165) is 11.1 Å². The zero-order valence-corrected chi connectivity index (χ0v) is 16.5. The predicted octanol–water partition coefficient (Wildman–Crippen LogP) is 3.77. The first-order chi connectivity index (χ1) is 13.4. The summed E-state index contributed by atoms with van der Waals surface area (Å²) in [5.41, 5.74) is 2.33. The lowest BCUT2D eigenvalue weighted by atomic mass is 10.0. The molecule has 0 radical (unpaired) electrons. The highest BCUT2D eigenvalue weighted by atomic mass is 35.5. The normalized spacial score (nSPS) is 12.8. The zero-order chi connectivity index (χ0) is 20.0. The Labute approximate surface area is 165 Å². The highest BCUT2D eigenvalue weighted by Crippen LogP contribution is 2.42. The van der Waals surface area contributed by atoms with Crippen LogP contribution in [0.4, 0.5) is 4.39 Å². The van der Waals surface area contributed by atoms with Crippen molar-refractivity contribution in [2.45, 2.75) is 13.0 Å². The van der Waals surface area contributed by atoms with Gasteiger partial charge in [-0.3, -0.25) is 10.00 Å². The molecule has 4 rings (SSSR count). The molecule has 0 fully saturated rings. The van der Waals surface area contributed by atoms with E-state index in [9.17, 15) is 4.39 Å². The largest absolute Gasteiger partial charge is 0.495 e. The van der Waals surface area contributed by atoms with Crippen molar-refractivity contribution >= 4 is 22.5 Å². The van der Waals surface area contributed by atoms with Crippen LogP contribution in [-0.2, 0) is 0 Å². The first kappa shape index (κ1) is 18.5. The van der Waals surface area contributed by atoms with E-state index in [1.54, 1.807) is 18.5 Å². The first-order valence-corrected chi connectivity index (χ1v) is 8.96. The molecular weight excluding hydrogens is 385 g/mol. The van der Waals surface area contributed by atoms with E-state index in [4.69, 9.17) is 16.3 Å². The number of benzene rings is 1. The van der Waals surface area contributed by atoms with Gasteiger partial charge in [0.25, 0.3) is 0 Å². The number of ether oxygens (including phenoxy) is 1. The molecule has 1 aromatic carbocycles. The molecule has 28 heavy (non-hydrogen) atoms. The molecule has 0 saturated heterocycles. The summed E-state index contributed by atoms with van der Waals surface area (Å²) in [6.45, 7) is 2.01. The molecule has 3 N–H and O–H groups in total. The van der Waals surface area contributed by atoms with Gasteiger partial charge in [-0.1, -0.05) is 11.6 Å². The average molecular weight is 404 g/mol. The second-order valence-corrected chi connectivity index (χ2v) is 7.07. The molecule has 10 heteroatoms. The maximum Gasteiger partial charge on any atom is 0.178 e. The number of rotatable bonds is 5. The van der Waals surface area contributed by atoms with Crippen molar-refractivity contribution in [3.63, 3.8) is 0 Å². The molecule has 0 saturated carbocycles. The van der Waals surface area contributed by atoms with E-state index in [0.29, 0.717) is 22.7 Å². The number of aromatic amines is 3. The first-order valence-electron chi connectivity index (χ1n) is 8.58. The van der Waals surface area contributed by atoms with Gasteiger partial charge in [-0.15, -0.1) is 10.2 Å². The highest BCUT2D eigenvalue weighted by molar-refractivity contribution is 6.33. The molecule has 1 unspecified atom stereocenters. The van der Waals surface area contributed by atoms with Crippen LogP contribution < -0.4 is 4.74 Å². The second kappa shape index (κ2) is 6.92. The van der Waals surface area contributed by atoms with Crippen molar-refractivity contribution in [2.75, 3.05) is 21.2 Å². The average Bonchev–Trinajstić information content (AvgIpc) is 3.42. The van der Waals surface area contributed by atoms with E-state index < -0.39 is 5.82 Å². The molecule has 0 aliphatic rings. The van der Waals surface area contributed by atoms with Crippen molar-refractivity contribution in [2.24, 2.45) is 0 Å². The van der Waals surface area contributed by atoms with Gasteiger partial charge >= 0.3 is 0 Å². The van der Waals surface area contributed by atoms with Crippen LogP contribution >= 0.6 is 11.6 Å². The standard InChI is InChI=1S/C18H19ClFN7O/c1-8(27(2)3)17-24-18(26-25-17)16-12(9-6-21-22-7-9)10-5-11(28-4)13(19)14(20)15(10)23-16/h5-8,23H,1-4H3,(H,21,22)(H,24,25,26). The van der Waals surface area contributed by atoms with Gasteiger partial charge in [-0.25, -0.2) is 4.39 Å². The summed E-state index contributed by atoms with van der Waals surface area (Å²) in [5.74, 6) is 0.855. The molecule has 0 aliphatic carbocycles. The minimum absolute atomic E-state index is 0.0364. The fourth-order valence-corrected chi connectivity index (χ4v) is 3.30. The molecule has 3 heterocycles. The van der Waals surface area contributed by atoms with Crippen LogP contribution in [0.2, 0.25) is 5.02 Å². The van der Waals surface area contributed by atoms with Gasteiger partial charge in [0, 0.05) is 22.7 Å². The number of halogens is 2. The number of methoxy groups -OCH3 is 1. The maximum absolute atomic E-state index is 14.9. The summed E-state index contributed by atoms with van der Waals surface area (Å²) in [6, 6.07) is 1.73. The van der Waals surface area contributed by atoms with E-state index in [-0.39, 0.29) is 22.3 Å². The zero-order valence-electron chi connectivity index (χ0n) is 15.8. The lowest BCUT2D eigenvalue weighted by molar-refractivity contribution is 0.309. The van der Waals surface area contributed by atoms with E-state index >= 15 is 0 Å². The number of fused-ring (bicyclic) bond motifs is 1. The molecule has 3 aromatic heterocycles. The van der Waals surface area contributed by atoms with Crippen LogP contribution in [0, 0.1) is 5.82 Å². The maximum atomic E-state index is 14.9. The van der Waals surface area contributed by atoms with Gasteiger partial charge in [0.15, 0.2) is 11.6 Å². The van der Waals surface area contributed by atoms with Gasteiger partial charge in [-0.2, -0.15) is 5.10 Å². The molecule has 1 atom stereocenters. The van der Waals surface area contributed by atoms with Crippen LogP contribution in [0.25, 0.3) is 33.5 Å². The molecule has 0 amide bonds. The number of aromatic nitrogens is 6. The Morgan fingerprint density at radius 1 is 1.25 bits per heavy atom. The summed E-state index contributed by atoms with van der Waals surface area (Å²) in [5, 5.41) is 15.8. The number of hydrogen-bond acceptors (Lipinski definition) is 5. The monoisotopic (exact) mass is 403 g/mol. The Kier molecular flexibility index (Phi) is 4.56. The van der Waals surface area contributed by atoms with Crippen LogP contribution in [0.1, 0.15) is 18.8 Å². The number of H-pyrrole nitrogens is 3. The second-order valence-electron chi connectivity index (χ2n) is 6.69. The molecule has 146 valence electrons. The number of nitrogens with one attached hydrogen (secondary N) is 3. The molecular formula is C18H19ClFN7O. The van der Waals surface area contributed by atoms with Crippen molar-refractivity contribution in [3.05, 3.63) is 35.1 Å². The third kappa shape index (κ3) is 2.83. The quantitative estimate of drug-likeness (QED) is 0.471. The molecule has 0 spiro atoms. The van der Waals surface area contributed by atoms with Crippen molar-refractivity contribution in [3.8, 4) is 28.4 Å². The van der Waals surface area contributed by atoms with Crippen molar-refractivity contribution in [1.29, 1.82) is 0 Å². The van der Waals surface area contributed by atoms with E-state index in [1.807, 2.05) is 25.9 Å². The fourth-order valence-electron chi connectivity index (χ4n) is 3.08. The minimum Gasteiger partial charge on any atom is -0.495 e. The summed E-state index contributed by atoms with van der Waals surface area (Å²) < 4.78 is 20.1. The number of hydrogen-bond donors (Lipinski definition) is 3. The van der Waals surface area contributed by atoms with Crippen molar-refractivity contribution < 1.29 is 9.13 Å². The minimum atomic E-state index is -0.589. The Balaban J connectivity index is 1.98. The fraction of sp³-hybridized carbons (Fsp3) is 0.278. The van der Waals surface area contributed by atoms with Crippen LogP contribution in [-0.4, -0.2) is 56.5 Å². The molecule has 0 aliphatic heterocycles. The van der Waals surface area contributed by atoms with E-state index in [2.05, 4.69) is 30.4 Å². The van der Waals surface area contributed by atoms with E-state index in [1.165, 1.54) is 7.11 Å². The van der Waals surface area contributed by atoms with Gasteiger partial charge < -0.3 is 14.7 Å². The summed E-state index contributed by atoms with van der Waals surface area (Å²) >= 11 is 6.11. The molecule has 0 bridgehead atoms. The van der Waals surface area contributed by atoms with Gasteiger partial charge in [0.2, 0.25) is 0 Å². The Hall–Kier alpha value is -2.91. The summed E-state index contributed by atoms with van der Waals surface area (Å²) in [7, 11) is 5.36. The smallest absolute Gasteiger partial charge is 0.178 e. The predicted molar refractivity (Wildman–Crippen MR) is 105 cm³/mol. The van der Waals surface area contributed by atoms with Crippen molar-refractivity contribution in [1.82, 2.24) is 35.3 Å². The Morgan fingerprint density at radius 3 is 2.68 bits per heavy atom. The summed E-state index contributed by atoms with van der Waals surface area (Å²) in [6.07, 6.45) is 3.38. The number of nitrogens with zero attached hydrogens (tertiary/aromatic N) is 4. The van der Waals surface area contributed by atoms with Crippen LogP contribution in [0.5, 0.6) is 5.75 Å². The van der Waals surface area contributed by atoms with Gasteiger partial charge in [-0.05, 0) is 27.1 Å². The summed E-state index contributed by atoms with van der Waals surface area (Å²) in [4.78, 5) is 8.34. The molecule has 8 nitrogen and oxygen atoms in total. The highest BCUT2D eigenvalue weighted by Gasteiger charge is 2.24. The van der Waals surface area contributed by atoms with Gasteiger partial charge in [0.05, 0.1) is 30.6 Å². The lowest BCUT2D eigenvalue weighted by Gasteiger charge is -2.16. The Bertz CT molecular complexity index is 1130. The molecule has 4 aromatic rings. The third-order valence-corrected chi connectivity index (χ3v) is 5.21. The van der Waals surface area contributed by atoms with Gasteiger partial charge in [0.1, 0.15) is 16.6 Å². The lowest BCUT2D eigenvalue weighted by Crippen LogP contribution is -2.17. The topological polar surface area (TPSA) is 98.5 Å².